The zero-order valence-electron chi connectivity index (χ0n) is 14.0. The molecule has 2 N–H and O–H groups in total. The van der Waals surface area contributed by atoms with E-state index in [1.54, 1.807) is 27.8 Å². The van der Waals surface area contributed by atoms with Crippen LogP contribution < -0.4 is 10.6 Å². The van der Waals surface area contributed by atoms with E-state index in [4.69, 9.17) is 0 Å². The quantitative estimate of drug-likeness (QED) is 0.521. The molecule has 1 atom stereocenters. The topological polar surface area (TPSA) is 71.1 Å². The zero-order chi connectivity index (χ0) is 17.9. The number of carbonyl (C=O) groups excluding carboxylic acids is 2. The fraction of sp³-hybridized carbons (Fsp3) is 0.278. The molecule has 2 aromatic rings. The van der Waals surface area contributed by atoms with Crippen LogP contribution in [0.2, 0.25) is 0 Å². The third kappa shape index (κ3) is 7.62. The number of carbonyl (C=O) groups is 2. The Kier molecular flexibility index (Phi) is 8.34. The number of pyridine rings is 1. The Morgan fingerprint density at radius 3 is 2.56 bits per heavy atom. The minimum Gasteiger partial charge on any atom is -0.353 e. The molecule has 1 aromatic carbocycles. The first-order chi connectivity index (χ1) is 12.1. The van der Waals surface area contributed by atoms with Crippen molar-refractivity contribution in [2.75, 3.05) is 12.3 Å². The summed E-state index contributed by atoms with van der Waals surface area (Å²) in [6, 6.07) is 14.9. The number of nitrogens with one attached hydrogen (secondary N) is 2. The van der Waals surface area contributed by atoms with Crippen LogP contribution in [-0.4, -0.2) is 35.1 Å². The first-order valence-electron chi connectivity index (χ1n) is 7.94. The van der Waals surface area contributed by atoms with Crippen molar-refractivity contribution in [1.82, 2.24) is 15.6 Å². The Morgan fingerprint density at radius 2 is 1.88 bits per heavy atom. The van der Waals surface area contributed by atoms with Crippen molar-refractivity contribution >= 4 is 33.4 Å². The monoisotopic (exact) mass is 375 g/mol. The fourth-order valence-corrected chi connectivity index (χ4v) is 3.93. The van der Waals surface area contributed by atoms with Crippen LogP contribution in [0.3, 0.4) is 0 Å². The van der Waals surface area contributed by atoms with Gasteiger partial charge in [-0.05, 0) is 28.5 Å². The summed E-state index contributed by atoms with van der Waals surface area (Å²) in [5, 5.41) is 6.55. The molecule has 132 valence electrons. The van der Waals surface area contributed by atoms with Gasteiger partial charge in [0.1, 0.15) is 11.1 Å². The number of hydrogen-bond acceptors (Lipinski definition) is 5. The SMILES string of the molecule is CC(=O)N[C@@H](Cc1ccccc1)C(=O)NCCSSc1ccccn1. The number of nitrogens with zero attached hydrogens (tertiary/aromatic N) is 1. The fourth-order valence-electron chi connectivity index (χ4n) is 2.14. The summed E-state index contributed by atoms with van der Waals surface area (Å²) in [5.74, 6) is 0.379. The third-order valence-corrected chi connectivity index (χ3v) is 5.51. The number of rotatable bonds is 9. The summed E-state index contributed by atoms with van der Waals surface area (Å²) in [4.78, 5) is 28.0. The molecule has 0 fully saturated rings. The third-order valence-electron chi connectivity index (χ3n) is 3.24. The molecule has 2 rings (SSSR count). The van der Waals surface area contributed by atoms with Gasteiger partial charge in [0, 0.05) is 31.8 Å². The van der Waals surface area contributed by atoms with Gasteiger partial charge in [-0.2, -0.15) is 0 Å². The standard InChI is InChI=1S/C18H21N3O2S2/c1-14(22)21-16(13-15-7-3-2-4-8-15)18(23)20-11-12-24-25-17-9-5-6-10-19-17/h2-10,16H,11-13H2,1H3,(H,20,23)(H,21,22)/t16-/m0/s1. The van der Waals surface area contributed by atoms with Crippen LogP contribution >= 0.6 is 21.6 Å². The van der Waals surface area contributed by atoms with Gasteiger partial charge in [-0.1, -0.05) is 47.2 Å². The molecule has 25 heavy (non-hydrogen) atoms. The summed E-state index contributed by atoms with van der Waals surface area (Å²) < 4.78 is 0. The van der Waals surface area contributed by atoms with Crippen molar-refractivity contribution in [3.8, 4) is 0 Å². The average Bonchev–Trinajstić information content (AvgIpc) is 2.62. The molecule has 0 spiro atoms. The van der Waals surface area contributed by atoms with Crippen LogP contribution in [0.25, 0.3) is 0 Å². The number of hydrogen-bond donors (Lipinski definition) is 2. The molecule has 2 amide bonds. The molecule has 7 heteroatoms. The molecule has 0 unspecified atom stereocenters. The minimum atomic E-state index is -0.562. The Bertz CT molecular complexity index is 669. The highest BCUT2D eigenvalue weighted by atomic mass is 33.1. The van der Waals surface area contributed by atoms with Crippen LogP contribution in [0, 0.1) is 0 Å². The van der Waals surface area contributed by atoms with Crippen LogP contribution in [0.4, 0.5) is 0 Å². The molecule has 0 aliphatic carbocycles. The number of benzene rings is 1. The minimum absolute atomic E-state index is 0.164. The molecule has 0 bridgehead atoms. The van der Waals surface area contributed by atoms with E-state index < -0.39 is 6.04 Å². The van der Waals surface area contributed by atoms with Crippen molar-refractivity contribution in [2.24, 2.45) is 0 Å². The van der Waals surface area contributed by atoms with E-state index in [9.17, 15) is 9.59 Å². The van der Waals surface area contributed by atoms with Gasteiger partial charge in [0.05, 0.1) is 0 Å². The normalized spacial score (nSPS) is 11.6. The second-order valence-corrected chi connectivity index (χ2v) is 7.74. The lowest BCUT2D eigenvalue weighted by atomic mass is 10.1. The molecule has 0 radical (unpaired) electrons. The maximum absolute atomic E-state index is 12.4. The summed E-state index contributed by atoms with van der Waals surface area (Å²) in [6.07, 6.45) is 2.23. The van der Waals surface area contributed by atoms with Gasteiger partial charge >= 0.3 is 0 Å². The highest BCUT2D eigenvalue weighted by Gasteiger charge is 2.19. The Balaban J connectivity index is 1.75. The van der Waals surface area contributed by atoms with E-state index in [1.807, 2.05) is 48.5 Å². The molecule has 0 saturated carbocycles. The highest BCUT2D eigenvalue weighted by molar-refractivity contribution is 8.76. The van der Waals surface area contributed by atoms with Crippen molar-refractivity contribution in [2.45, 2.75) is 24.4 Å². The molecule has 1 heterocycles. The highest BCUT2D eigenvalue weighted by Crippen LogP contribution is 2.28. The Labute approximate surface area is 155 Å². The predicted octanol–water partition coefficient (Wildman–Crippen LogP) is 2.69. The van der Waals surface area contributed by atoms with E-state index >= 15 is 0 Å². The molecular formula is C18H21N3O2S2. The Hall–Kier alpha value is -1.99. The second-order valence-electron chi connectivity index (χ2n) is 5.31. The number of amides is 2. The van der Waals surface area contributed by atoms with Gasteiger partial charge in [0.15, 0.2) is 0 Å². The van der Waals surface area contributed by atoms with Crippen LogP contribution in [-0.2, 0) is 16.0 Å². The maximum atomic E-state index is 12.4. The van der Waals surface area contributed by atoms with Crippen molar-refractivity contribution in [3.63, 3.8) is 0 Å². The van der Waals surface area contributed by atoms with Gasteiger partial charge in [0.25, 0.3) is 0 Å². The lowest BCUT2D eigenvalue weighted by Gasteiger charge is -2.17. The molecule has 0 aliphatic heterocycles. The van der Waals surface area contributed by atoms with Crippen molar-refractivity contribution < 1.29 is 9.59 Å². The van der Waals surface area contributed by atoms with Crippen molar-refractivity contribution in [3.05, 3.63) is 60.3 Å². The predicted molar refractivity (Wildman–Crippen MR) is 103 cm³/mol. The van der Waals surface area contributed by atoms with E-state index in [2.05, 4.69) is 15.6 Å². The first kappa shape index (κ1) is 19.3. The van der Waals surface area contributed by atoms with Gasteiger partial charge in [-0.15, -0.1) is 0 Å². The zero-order valence-corrected chi connectivity index (χ0v) is 15.6. The maximum Gasteiger partial charge on any atom is 0.242 e. The van der Waals surface area contributed by atoms with Gasteiger partial charge < -0.3 is 10.6 Å². The van der Waals surface area contributed by atoms with Crippen LogP contribution in [0.5, 0.6) is 0 Å². The molecule has 5 nitrogen and oxygen atoms in total. The second kappa shape index (κ2) is 10.8. The lowest BCUT2D eigenvalue weighted by molar-refractivity contribution is -0.127. The average molecular weight is 376 g/mol. The molecular weight excluding hydrogens is 354 g/mol. The summed E-state index contributed by atoms with van der Waals surface area (Å²) in [7, 11) is 3.21. The van der Waals surface area contributed by atoms with Gasteiger partial charge in [-0.25, -0.2) is 4.98 Å². The van der Waals surface area contributed by atoms with Crippen LogP contribution in [0.15, 0.2) is 59.8 Å². The molecule has 0 saturated heterocycles. The van der Waals surface area contributed by atoms with E-state index in [0.29, 0.717) is 13.0 Å². The van der Waals surface area contributed by atoms with Crippen molar-refractivity contribution in [1.29, 1.82) is 0 Å². The largest absolute Gasteiger partial charge is 0.353 e. The van der Waals surface area contributed by atoms with E-state index in [0.717, 1.165) is 16.3 Å². The van der Waals surface area contributed by atoms with Crippen LogP contribution in [0.1, 0.15) is 12.5 Å². The van der Waals surface area contributed by atoms with Gasteiger partial charge in [0.2, 0.25) is 11.8 Å². The Morgan fingerprint density at radius 1 is 1.12 bits per heavy atom. The summed E-state index contributed by atoms with van der Waals surface area (Å²) in [5.41, 5.74) is 1.01. The first-order valence-corrected chi connectivity index (χ1v) is 10.3. The smallest absolute Gasteiger partial charge is 0.242 e. The van der Waals surface area contributed by atoms with E-state index in [-0.39, 0.29) is 11.8 Å². The van der Waals surface area contributed by atoms with E-state index in [1.165, 1.54) is 6.92 Å². The number of aromatic nitrogens is 1. The summed E-state index contributed by atoms with van der Waals surface area (Å²) in [6.45, 7) is 1.96. The van der Waals surface area contributed by atoms with Gasteiger partial charge in [-0.3, -0.25) is 9.59 Å². The lowest BCUT2D eigenvalue weighted by Crippen LogP contribution is -2.47. The summed E-state index contributed by atoms with van der Waals surface area (Å²) >= 11 is 0. The molecule has 0 aliphatic rings. The molecule has 1 aromatic heterocycles.